The fourth-order valence-electron chi connectivity index (χ4n) is 8.07. The van der Waals surface area contributed by atoms with Crippen LogP contribution >= 0.6 is 11.8 Å². The van der Waals surface area contributed by atoms with Gasteiger partial charge in [0.15, 0.2) is 0 Å². The standard InChI is InChI=1S/C25H41N3O2S/c29-22(27-18-25(5-2-1-3-6-25)28-8-10-31-11-9-28)4-7-26-23(30)24-15-19-12-20(16-24)14-21(13-19)17-24/h19-21H,1-18H2,(H,26,30)(H,27,29). The summed E-state index contributed by atoms with van der Waals surface area (Å²) in [5.74, 6) is 5.11. The number of nitrogens with zero attached hydrogens (tertiary/aromatic N) is 1. The van der Waals surface area contributed by atoms with Crippen molar-refractivity contribution in [1.82, 2.24) is 15.5 Å². The molecule has 0 spiro atoms. The maximum atomic E-state index is 13.1. The smallest absolute Gasteiger partial charge is 0.226 e. The Hall–Kier alpha value is -0.750. The van der Waals surface area contributed by atoms with Crippen molar-refractivity contribution in [2.45, 2.75) is 82.6 Å². The van der Waals surface area contributed by atoms with Gasteiger partial charge in [0.2, 0.25) is 11.8 Å². The minimum Gasteiger partial charge on any atom is -0.355 e. The molecule has 1 saturated heterocycles. The predicted octanol–water partition coefficient (Wildman–Crippen LogP) is 3.58. The first-order valence-electron chi connectivity index (χ1n) is 12.9. The molecule has 6 rings (SSSR count). The van der Waals surface area contributed by atoms with Crippen LogP contribution in [-0.2, 0) is 9.59 Å². The van der Waals surface area contributed by atoms with Crippen LogP contribution in [0.25, 0.3) is 0 Å². The Kier molecular flexibility index (Phi) is 6.58. The van der Waals surface area contributed by atoms with Crippen LogP contribution in [0.4, 0.5) is 0 Å². The second-order valence-electron chi connectivity index (χ2n) is 11.4. The molecule has 2 N–H and O–H groups in total. The third kappa shape index (κ3) is 4.66. The molecule has 6 fully saturated rings. The highest BCUT2D eigenvalue weighted by Gasteiger charge is 2.54. The molecule has 0 radical (unpaired) electrons. The second kappa shape index (κ2) is 9.24. The van der Waals surface area contributed by atoms with E-state index in [1.54, 1.807) is 0 Å². The highest BCUT2D eigenvalue weighted by molar-refractivity contribution is 7.99. The summed E-state index contributed by atoms with van der Waals surface area (Å²) in [7, 11) is 0. The number of carbonyl (C=O) groups is 2. The van der Waals surface area contributed by atoms with Crippen molar-refractivity contribution in [1.29, 1.82) is 0 Å². The molecule has 0 atom stereocenters. The molecule has 5 saturated carbocycles. The summed E-state index contributed by atoms with van der Waals surface area (Å²) in [5.41, 5.74) is 0.0565. The fourth-order valence-corrected chi connectivity index (χ4v) is 8.97. The lowest BCUT2D eigenvalue weighted by molar-refractivity contribution is -0.146. The van der Waals surface area contributed by atoms with Gasteiger partial charge >= 0.3 is 0 Å². The Morgan fingerprint density at radius 1 is 0.871 bits per heavy atom. The zero-order chi connectivity index (χ0) is 21.3. The summed E-state index contributed by atoms with van der Waals surface area (Å²) in [6, 6.07) is 0. The highest BCUT2D eigenvalue weighted by atomic mass is 32.2. The van der Waals surface area contributed by atoms with E-state index in [-0.39, 0.29) is 22.8 Å². The Balaban J connectivity index is 1.09. The van der Waals surface area contributed by atoms with Crippen molar-refractivity contribution in [3.63, 3.8) is 0 Å². The van der Waals surface area contributed by atoms with Crippen LogP contribution < -0.4 is 10.6 Å². The van der Waals surface area contributed by atoms with Gasteiger partial charge in [0.1, 0.15) is 0 Å². The quantitative estimate of drug-likeness (QED) is 0.626. The number of rotatable bonds is 7. The van der Waals surface area contributed by atoms with Gasteiger partial charge in [-0.05, 0) is 69.1 Å². The van der Waals surface area contributed by atoms with Crippen LogP contribution in [0.5, 0.6) is 0 Å². The lowest BCUT2D eigenvalue weighted by atomic mass is 9.49. The van der Waals surface area contributed by atoms with E-state index in [1.807, 2.05) is 0 Å². The first kappa shape index (κ1) is 22.1. The molecular formula is C25H41N3O2S. The van der Waals surface area contributed by atoms with E-state index >= 15 is 0 Å². The van der Waals surface area contributed by atoms with E-state index in [2.05, 4.69) is 27.3 Å². The SMILES string of the molecule is O=C(CCNC(=O)C12CC3CC(CC(C3)C1)C2)NCC1(N2CCSCC2)CCCCC1. The third-order valence-electron chi connectivity index (χ3n) is 9.24. The van der Waals surface area contributed by atoms with Crippen LogP contribution in [0.15, 0.2) is 0 Å². The monoisotopic (exact) mass is 447 g/mol. The number of carbonyl (C=O) groups excluding carboxylic acids is 2. The van der Waals surface area contributed by atoms with Gasteiger partial charge in [-0.15, -0.1) is 0 Å². The molecule has 0 aromatic heterocycles. The first-order chi connectivity index (χ1) is 15.1. The molecule has 1 heterocycles. The average Bonchev–Trinajstić information content (AvgIpc) is 2.78. The molecule has 2 amide bonds. The molecule has 31 heavy (non-hydrogen) atoms. The number of hydrogen-bond donors (Lipinski definition) is 2. The summed E-state index contributed by atoms with van der Waals surface area (Å²) < 4.78 is 0. The van der Waals surface area contributed by atoms with E-state index in [9.17, 15) is 9.59 Å². The Bertz CT molecular complexity index is 634. The first-order valence-corrected chi connectivity index (χ1v) is 14.1. The van der Waals surface area contributed by atoms with Crippen molar-refractivity contribution in [2.75, 3.05) is 37.7 Å². The van der Waals surface area contributed by atoms with Gasteiger partial charge in [0, 0.05) is 55.1 Å². The van der Waals surface area contributed by atoms with Crippen LogP contribution in [0.2, 0.25) is 0 Å². The lowest BCUT2D eigenvalue weighted by Crippen LogP contribution is -2.59. The molecule has 0 aromatic carbocycles. The Morgan fingerprint density at radius 3 is 2.10 bits per heavy atom. The zero-order valence-corrected chi connectivity index (χ0v) is 19.9. The molecule has 174 valence electrons. The molecular weight excluding hydrogens is 406 g/mol. The largest absolute Gasteiger partial charge is 0.355 e. The fraction of sp³-hybridized carbons (Fsp3) is 0.920. The van der Waals surface area contributed by atoms with Crippen molar-refractivity contribution in [2.24, 2.45) is 23.2 Å². The van der Waals surface area contributed by atoms with Gasteiger partial charge in [-0.2, -0.15) is 11.8 Å². The average molecular weight is 448 g/mol. The van der Waals surface area contributed by atoms with E-state index < -0.39 is 0 Å². The van der Waals surface area contributed by atoms with Crippen molar-refractivity contribution in [3.05, 3.63) is 0 Å². The van der Waals surface area contributed by atoms with Crippen LogP contribution in [0.3, 0.4) is 0 Å². The van der Waals surface area contributed by atoms with E-state index in [1.165, 1.54) is 62.9 Å². The molecule has 0 aromatic rings. The molecule has 0 unspecified atom stereocenters. The Morgan fingerprint density at radius 2 is 1.48 bits per heavy atom. The summed E-state index contributed by atoms with van der Waals surface area (Å²) >= 11 is 2.05. The number of nitrogens with one attached hydrogen (secondary N) is 2. The zero-order valence-electron chi connectivity index (χ0n) is 19.1. The van der Waals surface area contributed by atoms with Crippen LogP contribution in [0.1, 0.15) is 77.0 Å². The van der Waals surface area contributed by atoms with Crippen LogP contribution in [-0.4, -0.2) is 59.9 Å². The minimum atomic E-state index is -0.107. The molecule has 5 aliphatic carbocycles. The van der Waals surface area contributed by atoms with Crippen molar-refractivity contribution < 1.29 is 9.59 Å². The third-order valence-corrected chi connectivity index (χ3v) is 10.2. The number of amides is 2. The molecule has 6 aliphatic rings. The van der Waals surface area contributed by atoms with E-state index in [4.69, 9.17) is 0 Å². The normalized spacial score (nSPS) is 36.8. The molecule has 5 nitrogen and oxygen atoms in total. The van der Waals surface area contributed by atoms with Gasteiger partial charge in [-0.25, -0.2) is 0 Å². The number of hydrogen-bond acceptors (Lipinski definition) is 4. The van der Waals surface area contributed by atoms with Gasteiger partial charge in [-0.3, -0.25) is 14.5 Å². The van der Waals surface area contributed by atoms with Gasteiger partial charge in [-0.1, -0.05) is 19.3 Å². The maximum absolute atomic E-state index is 13.1. The van der Waals surface area contributed by atoms with Gasteiger partial charge in [0.25, 0.3) is 0 Å². The van der Waals surface area contributed by atoms with Crippen LogP contribution in [0, 0.1) is 23.2 Å². The molecule has 6 heteroatoms. The summed E-state index contributed by atoms with van der Waals surface area (Å²) in [6.07, 6.45) is 14.0. The van der Waals surface area contributed by atoms with E-state index in [0.29, 0.717) is 13.0 Å². The number of thioether (sulfide) groups is 1. The Labute approximate surface area is 192 Å². The topological polar surface area (TPSA) is 61.4 Å². The summed E-state index contributed by atoms with van der Waals surface area (Å²) in [4.78, 5) is 28.4. The second-order valence-corrected chi connectivity index (χ2v) is 12.6. The van der Waals surface area contributed by atoms with Crippen molar-refractivity contribution >= 4 is 23.6 Å². The predicted molar refractivity (Wildman–Crippen MR) is 126 cm³/mol. The maximum Gasteiger partial charge on any atom is 0.226 e. The van der Waals surface area contributed by atoms with Gasteiger partial charge < -0.3 is 10.6 Å². The molecule has 1 aliphatic heterocycles. The van der Waals surface area contributed by atoms with E-state index in [0.717, 1.165) is 56.7 Å². The summed E-state index contributed by atoms with van der Waals surface area (Å²) in [5, 5.41) is 6.43. The minimum absolute atomic E-state index is 0.0992. The highest BCUT2D eigenvalue weighted by Crippen LogP contribution is 2.60. The van der Waals surface area contributed by atoms with Gasteiger partial charge in [0.05, 0.1) is 0 Å². The molecule has 4 bridgehead atoms. The summed E-state index contributed by atoms with van der Waals surface area (Å²) in [6.45, 7) is 3.57. The van der Waals surface area contributed by atoms with Crippen molar-refractivity contribution in [3.8, 4) is 0 Å². The lowest BCUT2D eigenvalue weighted by Gasteiger charge is -2.55.